The summed E-state index contributed by atoms with van der Waals surface area (Å²) in [6.45, 7) is 6.88. The number of carbonyl (C=O) groups excluding carboxylic acids is 1. The van der Waals surface area contributed by atoms with Crippen LogP contribution in [-0.4, -0.2) is 45.7 Å². The number of aromatic nitrogens is 2. The van der Waals surface area contributed by atoms with Gasteiger partial charge in [0.15, 0.2) is 0 Å². The van der Waals surface area contributed by atoms with Crippen molar-refractivity contribution in [1.29, 1.82) is 0 Å². The molecule has 122 valence electrons. The van der Waals surface area contributed by atoms with Crippen molar-refractivity contribution in [1.82, 2.24) is 14.9 Å². The molecule has 1 aliphatic rings. The average Bonchev–Trinajstić information content (AvgIpc) is 2.42. The van der Waals surface area contributed by atoms with Gasteiger partial charge >= 0.3 is 6.09 Å². The average molecular weight is 392 g/mol. The van der Waals surface area contributed by atoms with Gasteiger partial charge in [0.25, 0.3) is 0 Å². The second-order valence-corrected chi connectivity index (χ2v) is 7.39. The number of ether oxygens (including phenoxy) is 1. The second-order valence-electron chi connectivity index (χ2n) is 6.24. The minimum Gasteiger partial charge on any atom is -0.444 e. The Hall–Kier alpha value is -1.08. The van der Waals surface area contributed by atoms with Gasteiger partial charge in [0.1, 0.15) is 22.9 Å². The smallest absolute Gasteiger partial charge is 0.410 e. The summed E-state index contributed by atoms with van der Waals surface area (Å²) < 4.78 is 6.05. The van der Waals surface area contributed by atoms with E-state index in [4.69, 9.17) is 16.3 Å². The van der Waals surface area contributed by atoms with Crippen LogP contribution in [0.4, 0.5) is 10.6 Å². The summed E-state index contributed by atoms with van der Waals surface area (Å²) in [4.78, 5) is 22.0. The number of hydrogen-bond donors (Lipinski definition) is 1. The van der Waals surface area contributed by atoms with Gasteiger partial charge in [-0.2, -0.15) is 0 Å². The Morgan fingerprint density at radius 1 is 1.50 bits per heavy atom. The lowest BCUT2D eigenvalue weighted by Gasteiger charge is -2.34. The summed E-state index contributed by atoms with van der Waals surface area (Å²) in [5.74, 6) is 0.635. The molecule has 1 saturated heterocycles. The topological polar surface area (TPSA) is 67.3 Å². The number of nitrogens with one attached hydrogen (secondary N) is 1. The number of nitrogens with zero attached hydrogens (tertiary/aromatic N) is 3. The van der Waals surface area contributed by atoms with E-state index >= 15 is 0 Å². The first-order chi connectivity index (χ1) is 10.3. The van der Waals surface area contributed by atoms with Crippen LogP contribution in [0.25, 0.3) is 0 Å². The molecule has 1 N–H and O–H groups in total. The summed E-state index contributed by atoms with van der Waals surface area (Å²) in [5, 5.41) is 3.66. The van der Waals surface area contributed by atoms with Gasteiger partial charge in [-0.3, -0.25) is 0 Å². The quantitative estimate of drug-likeness (QED) is 0.779. The zero-order valence-corrected chi connectivity index (χ0v) is 15.2. The van der Waals surface area contributed by atoms with Crippen molar-refractivity contribution in [3.8, 4) is 0 Å². The van der Waals surface area contributed by atoms with E-state index in [9.17, 15) is 4.79 Å². The number of piperidine rings is 1. The molecule has 1 aliphatic heterocycles. The molecule has 1 fully saturated rings. The number of hydrogen-bond acceptors (Lipinski definition) is 5. The van der Waals surface area contributed by atoms with Gasteiger partial charge < -0.3 is 15.0 Å². The Bertz CT molecular complexity index is 550. The lowest BCUT2D eigenvalue weighted by atomic mass is 10.1. The van der Waals surface area contributed by atoms with Gasteiger partial charge in [-0.05, 0) is 49.5 Å². The van der Waals surface area contributed by atoms with Crippen molar-refractivity contribution < 1.29 is 9.53 Å². The maximum atomic E-state index is 12.2. The van der Waals surface area contributed by atoms with Gasteiger partial charge in [0.05, 0.1) is 4.47 Å². The van der Waals surface area contributed by atoms with E-state index in [1.807, 2.05) is 20.8 Å². The van der Waals surface area contributed by atoms with Gasteiger partial charge in [0.2, 0.25) is 0 Å². The molecule has 1 amide bonds. The van der Waals surface area contributed by atoms with Crippen LogP contribution in [0.15, 0.2) is 10.8 Å². The highest BCUT2D eigenvalue weighted by molar-refractivity contribution is 9.10. The first-order valence-corrected chi connectivity index (χ1v) is 8.34. The molecule has 1 aromatic heterocycles. The standard InChI is InChI=1S/C14H20BrClN4O2/c1-14(2,3)22-13(21)20-6-4-5-9(7-20)19-12-10(15)11(16)17-8-18-12/h8-9H,4-7H2,1-3H3,(H,17,18,19). The van der Waals surface area contributed by atoms with E-state index in [2.05, 4.69) is 31.2 Å². The second kappa shape index (κ2) is 7.00. The maximum Gasteiger partial charge on any atom is 0.410 e. The molecule has 0 aromatic carbocycles. The molecule has 8 heteroatoms. The summed E-state index contributed by atoms with van der Waals surface area (Å²) in [5.41, 5.74) is -0.485. The van der Waals surface area contributed by atoms with Gasteiger partial charge in [0, 0.05) is 19.1 Å². The zero-order chi connectivity index (χ0) is 16.3. The Morgan fingerprint density at radius 2 is 2.23 bits per heavy atom. The van der Waals surface area contributed by atoms with Crippen LogP contribution in [0.2, 0.25) is 5.15 Å². The van der Waals surface area contributed by atoms with Crippen LogP contribution < -0.4 is 5.32 Å². The molecule has 2 rings (SSSR count). The van der Waals surface area contributed by atoms with E-state index < -0.39 is 5.60 Å². The van der Waals surface area contributed by atoms with E-state index in [0.29, 0.717) is 28.5 Å². The SMILES string of the molecule is CC(C)(C)OC(=O)N1CCCC(Nc2ncnc(Cl)c2Br)C1. The van der Waals surface area contributed by atoms with Crippen molar-refractivity contribution in [2.24, 2.45) is 0 Å². The molecule has 1 atom stereocenters. The van der Waals surface area contributed by atoms with Crippen molar-refractivity contribution in [3.63, 3.8) is 0 Å². The zero-order valence-electron chi connectivity index (χ0n) is 12.9. The lowest BCUT2D eigenvalue weighted by molar-refractivity contribution is 0.0206. The van der Waals surface area contributed by atoms with Crippen LogP contribution in [0.1, 0.15) is 33.6 Å². The summed E-state index contributed by atoms with van der Waals surface area (Å²) in [6.07, 6.45) is 2.99. The summed E-state index contributed by atoms with van der Waals surface area (Å²) >= 11 is 9.33. The van der Waals surface area contributed by atoms with Gasteiger partial charge in [-0.1, -0.05) is 11.6 Å². The first kappa shape index (κ1) is 17.3. The Morgan fingerprint density at radius 3 is 2.91 bits per heavy atom. The van der Waals surface area contributed by atoms with Crippen LogP contribution >= 0.6 is 27.5 Å². The van der Waals surface area contributed by atoms with E-state index in [1.54, 1.807) is 4.90 Å². The van der Waals surface area contributed by atoms with Crippen molar-refractivity contribution in [2.45, 2.75) is 45.3 Å². The first-order valence-electron chi connectivity index (χ1n) is 7.17. The third kappa shape index (κ3) is 4.71. The van der Waals surface area contributed by atoms with E-state index in [-0.39, 0.29) is 12.1 Å². The number of amides is 1. The highest BCUT2D eigenvalue weighted by Gasteiger charge is 2.28. The molecule has 22 heavy (non-hydrogen) atoms. The van der Waals surface area contributed by atoms with Gasteiger partial charge in [-0.15, -0.1) is 0 Å². The van der Waals surface area contributed by atoms with Crippen LogP contribution in [0.3, 0.4) is 0 Å². The van der Waals surface area contributed by atoms with Crippen molar-refractivity contribution >= 4 is 39.4 Å². The Labute approximate surface area is 143 Å². The molecule has 1 aromatic rings. The van der Waals surface area contributed by atoms with Crippen LogP contribution in [-0.2, 0) is 4.74 Å². The minimum absolute atomic E-state index is 0.100. The minimum atomic E-state index is -0.485. The molecule has 0 bridgehead atoms. The third-order valence-corrected chi connectivity index (χ3v) is 4.43. The largest absolute Gasteiger partial charge is 0.444 e. The highest BCUT2D eigenvalue weighted by Crippen LogP contribution is 2.27. The highest BCUT2D eigenvalue weighted by atomic mass is 79.9. The molecular formula is C14H20BrClN4O2. The van der Waals surface area contributed by atoms with Crippen molar-refractivity contribution in [2.75, 3.05) is 18.4 Å². The molecule has 6 nitrogen and oxygen atoms in total. The van der Waals surface area contributed by atoms with Gasteiger partial charge in [-0.25, -0.2) is 14.8 Å². The van der Waals surface area contributed by atoms with E-state index in [1.165, 1.54) is 6.33 Å². The molecule has 0 spiro atoms. The van der Waals surface area contributed by atoms with E-state index in [0.717, 1.165) is 12.8 Å². The molecule has 0 saturated carbocycles. The number of likely N-dealkylation sites (tertiary alicyclic amines) is 1. The lowest BCUT2D eigenvalue weighted by Crippen LogP contribution is -2.47. The fraction of sp³-hybridized carbons (Fsp3) is 0.643. The third-order valence-electron chi connectivity index (χ3n) is 3.16. The number of rotatable bonds is 2. The Balaban J connectivity index is 1.99. The molecule has 2 heterocycles. The van der Waals surface area contributed by atoms with Crippen LogP contribution in [0.5, 0.6) is 0 Å². The number of anilines is 1. The Kier molecular flexibility index (Phi) is 5.50. The number of carbonyl (C=O) groups is 1. The fourth-order valence-corrected chi connectivity index (χ4v) is 2.68. The predicted molar refractivity (Wildman–Crippen MR) is 89.2 cm³/mol. The van der Waals surface area contributed by atoms with Crippen LogP contribution in [0, 0.1) is 0 Å². The normalized spacial score (nSPS) is 19.0. The summed E-state index contributed by atoms with van der Waals surface area (Å²) in [7, 11) is 0. The molecule has 0 aliphatic carbocycles. The number of halogens is 2. The molecule has 1 unspecified atom stereocenters. The predicted octanol–water partition coefficient (Wildman–Crippen LogP) is 3.70. The fourth-order valence-electron chi connectivity index (χ4n) is 2.23. The molecular weight excluding hydrogens is 372 g/mol. The maximum absolute atomic E-state index is 12.2. The monoisotopic (exact) mass is 390 g/mol. The summed E-state index contributed by atoms with van der Waals surface area (Å²) in [6, 6.07) is 0.100. The van der Waals surface area contributed by atoms with Crippen molar-refractivity contribution in [3.05, 3.63) is 16.0 Å². The molecule has 0 radical (unpaired) electrons.